The Morgan fingerprint density at radius 1 is 1.35 bits per heavy atom. The Bertz CT molecular complexity index is 361. The fourth-order valence-electron chi connectivity index (χ4n) is 3.70. The zero-order valence-corrected chi connectivity index (χ0v) is 10.2. The summed E-state index contributed by atoms with van der Waals surface area (Å²) in [5, 5.41) is 9.71. The molecule has 17 heavy (non-hydrogen) atoms. The molecule has 0 aromatic heterocycles. The van der Waals surface area contributed by atoms with Gasteiger partial charge in [-0.25, -0.2) is 0 Å². The molecule has 0 aromatic rings. The van der Waals surface area contributed by atoms with Crippen LogP contribution in [0.3, 0.4) is 0 Å². The second-order valence-corrected chi connectivity index (χ2v) is 6.04. The molecule has 0 spiro atoms. The summed E-state index contributed by atoms with van der Waals surface area (Å²) in [5.74, 6) is 0.325. The number of rotatable bonds is 2. The van der Waals surface area contributed by atoms with Crippen LogP contribution in [0.25, 0.3) is 0 Å². The third-order valence-electron chi connectivity index (χ3n) is 4.70. The lowest BCUT2D eigenvalue weighted by Gasteiger charge is -2.44. The van der Waals surface area contributed by atoms with Crippen molar-refractivity contribution in [3.8, 4) is 0 Å². The van der Waals surface area contributed by atoms with Crippen molar-refractivity contribution < 1.29 is 14.7 Å². The van der Waals surface area contributed by atoms with Crippen LogP contribution in [0.5, 0.6) is 0 Å². The molecule has 1 saturated heterocycles. The van der Waals surface area contributed by atoms with Gasteiger partial charge in [-0.05, 0) is 25.2 Å². The lowest BCUT2D eigenvalue weighted by atomic mass is 9.75. The van der Waals surface area contributed by atoms with Crippen molar-refractivity contribution in [2.75, 3.05) is 6.61 Å². The number of fused-ring (bicyclic) bond motifs is 1. The van der Waals surface area contributed by atoms with Gasteiger partial charge in [0.1, 0.15) is 0 Å². The van der Waals surface area contributed by atoms with Crippen molar-refractivity contribution in [1.82, 2.24) is 4.90 Å². The van der Waals surface area contributed by atoms with Crippen LogP contribution in [-0.4, -0.2) is 34.0 Å². The summed E-state index contributed by atoms with van der Waals surface area (Å²) >= 11 is 0. The van der Waals surface area contributed by atoms with Crippen molar-refractivity contribution >= 4 is 11.8 Å². The van der Waals surface area contributed by atoms with E-state index in [4.69, 9.17) is 0 Å². The number of aliphatic hydroxyl groups is 1. The highest BCUT2D eigenvalue weighted by molar-refractivity contribution is 6.09. The highest BCUT2D eigenvalue weighted by Gasteiger charge is 2.63. The Hall–Kier alpha value is -0.900. The molecule has 4 heteroatoms. The Balaban J connectivity index is 1.90. The lowest BCUT2D eigenvalue weighted by molar-refractivity contribution is -0.153. The summed E-state index contributed by atoms with van der Waals surface area (Å²) in [5.41, 5.74) is -0.584. The normalized spacial score (nSPS) is 45.1. The van der Waals surface area contributed by atoms with E-state index in [1.165, 1.54) is 4.90 Å². The fourth-order valence-corrected chi connectivity index (χ4v) is 3.70. The highest BCUT2D eigenvalue weighted by atomic mass is 16.3. The molecule has 1 aliphatic heterocycles. The van der Waals surface area contributed by atoms with Crippen LogP contribution in [0.4, 0.5) is 0 Å². The summed E-state index contributed by atoms with van der Waals surface area (Å²) in [6.07, 6.45) is 4.40. The molecule has 0 aromatic carbocycles. The zero-order chi connectivity index (χ0) is 12.2. The Kier molecular flexibility index (Phi) is 2.34. The predicted molar refractivity (Wildman–Crippen MR) is 60.9 cm³/mol. The molecule has 2 saturated carbocycles. The van der Waals surface area contributed by atoms with Crippen LogP contribution in [0.15, 0.2) is 0 Å². The first-order valence-electron chi connectivity index (χ1n) is 6.58. The van der Waals surface area contributed by atoms with Gasteiger partial charge in [-0.3, -0.25) is 14.5 Å². The molecule has 4 atom stereocenters. The van der Waals surface area contributed by atoms with E-state index in [1.54, 1.807) is 0 Å². The molecular formula is C13H19NO3. The van der Waals surface area contributed by atoms with Crippen LogP contribution in [0.1, 0.15) is 39.0 Å². The molecule has 1 heterocycles. The maximum absolute atomic E-state index is 12.1. The topological polar surface area (TPSA) is 57.6 Å². The number of piperidine rings is 1. The monoisotopic (exact) mass is 237 g/mol. The van der Waals surface area contributed by atoms with E-state index in [0.29, 0.717) is 5.92 Å². The average Bonchev–Trinajstić information content (AvgIpc) is 3.04. The fraction of sp³-hybridized carbons (Fsp3) is 0.846. The first-order chi connectivity index (χ1) is 8.09. The van der Waals surface area contributed by atoms with Gasteiger partial charge in [0.15, 0.2) is 0 Å². The third-order valence-corrected chi connectivity index (χ3v) is 4.70. The van der Waals surface area contributed by atoms with Crippen molar-refractivity contribution in [2.24, 2.45) is 17.8 Å². The summed E-state index contributed by atoms with van der Waals surface area (Å²) in [6, 6.07) is 0. The standard InChI is InChI=1S/C13H19NO3/c1-8-3-2-4-13(6-8,7-15)14-11(16)9-5-10(9)12(14)17/h8-10,15H,2-7H2,1H3. The van der Waals surface area contributed by atoms with Gasteiger partial charge >= 0.3 is 0 Å². The minimum absolute atomic E-state index is 0.0249. The minimum atomic E-state index is -0.584. The number of likely N-dealkylation sites (tertiary alicyclic amines) is 1. The van der Waals surface area contributed by atoms with Gasteiger partial charge in [0.25, 0.3) is 0 Å². The van der Waals surface area contributed by atoms with Gasteiger partial charge < -0.3 is 5.11 Å². The van der Waals surface area contributed by atoms with E-state index in [1.807, 2.05) is 0 Å². The second-order valence-electron chi connectivity index (χ2n) is 6.04. The van der Waals surface area contributed by atoms with E-state index in [2.05, 4.69) is 6.92 Å². The van der Waals surface area contributed by atoms with Gasteiger partial charge in [-0.15, -0.1) is 0 Å². The van der Waals surface area contributed by atoms with Crippen LogP contribution < -0.4 is 0 Å². The van der Waals surface area contributed by atoms with Crippen LogP contribution in [0.2, 0.25) is 0 Å². The number of amides is 2. The van der Waals surface area contributed by atoms with E-state index in [-0.39, 0.29) is 30.3 Å². The molecule has 4 nitrogen and oxygen atoms in total. The van der Waals surface area contributed by atoms with Crippen molar-refractivity contribution in [2.45, 2.75) is 44.6 Å². The molecule has 2 amide bonds. The quantitative estimate of drug-likeness (QED) is 0.727. The highest BCUT2D eigenvalue weighted by Crippen LogP contribution is 2.51. The Morgan fingerprint density at radius 3 is 2.53 bits per heavy atom. The van der Waals surface area contributed by atoms with E-state index in [0.717, 1.165) is 32.1 Å². The number of hydrogen-bond donors (Lipinski definition) is 1. The Labute approximate surface area is 101 Å². The Morgan fingerprint density at radius 2 is 2.00 bits per heavy atom. The van der Waals surface area contributed by atoms with Crippen LogP contribution in [0, 0.1) is 17.8 Å². The van der Waals surface area contributed by atoms with Crippen molar-refractivity contribution in [3.05, 3.63) is 0 Å². The van der Waals surface area contributed by atoms with Gasteiger partial charge in [-0.1, -0.05) is 19.8 Å². The van der Waals surface area contributed by atoms with Crippen LogP contribution >= 0.6 is 0 Å². The molecular weight excluding hydrogens is 218 g/mol. The van der Waals surface area contributed by atoms with E-state index in [9.17, 15) is 14.7 Å². The van der Waals surface area contributed by atoms with Gasteiger partial charge in [0.2, 0.25) is 11.8 Å². The van der Waals surface area contributed by atoms with E-state index < -0.39 is 5.54 Å². The summed E-state index contributed by atoms with van der Waals surface area (Å²) in [6.45, 7) is 2.06. The zero-order valence-electron chi connectivity index (χ0n) is 10.2. The molecule has 1 N–H and O–H groups in total. The number of hydrogen-bond acceptors (Lipinski definition) is 3. The number of carbonyl (C=O) groups excluding carboxylic acids is 2. The lowest BCUT2D eigenvalue weighted by Crippen LogP contribution is -2.57. The summed E-state index contributed by atoms with van der Waals surface area (Å²) in [7, 11) is 0. The summed E-state index contributed by atoms with van der Waals surface area (Å²) < 4.78 is 0. The minimum Gasteiger partial charge on any atom is -0.394 e. The maximum atomic E-state index is 12.1. The van der Waals surface area contributed by atoms with E-state index >= 15 is 0 Å². The van der Waals surface area contributed by atoms with Gasteiger partial charge in [0, 0.05) is 0 Å². The first-order valence-corrected chi connectivity index (χ1v) is 6.58. The third kappa shape index (κ3) is 1.46. The maximum Gasteiger partial charge on any atom is 0.233 e. The number of carbonyl (C=O) groups is 2. The molecule has 4 unspecified atom stereocenters. The first kappa shape index (κ1) is 11.2. The number of nitrogens with zero attached hydrogens (tertiary/aromatic N) is 1. The molecule has 3 rings (SSSR count). The molecule has 0 radical (unpaired) electrons. The molecule has 0 bridgehead atoms. The average molecular weight is 237 g/mol. The largest absolute Gasteiger partial charge is 0.394 e. The van der Waals surface area contributed by atoms with Gasteiger partial charge in [0.05, 0.1) is 24.0 Å². The van der Waals surface area contributed by atoms with Gasteiger partial charge in [-0.2, -0.15) is 0 Å². The SMILES string of the molecule is CC1CCCC(CO)(N2C(=O)C3CC3C2=O)C1. The summed E-state index contributed by atoms with van der Waals surface area (Å²) in [4.78, 5) is 25.7. The second kappa shape index (κ2) is 3.55. The van der Waals surface area contributed by atoms with Crippen LogP contribution in [-0.2, 0) is 9.59 Å². The van der Waals surface area contributed by atoms with Crippen molar-refractivity contribution in [3.63, 3.8) is 0 Å². The molecule has 3 fully saturated rings. The predicted octanol–water partition coefficient (Wildman–Crippen LogP) is 0.932. The molecule has 3 aliphatic rings. The number of aliphatic hydroxyl groups excluding tert-OH is 1. The number of imide groups is 1. The smallest absolute Gasteiger partial charge is 0.233 e. The molecule has 2 aliphatic carbocycles. The molecule has 94 valence electrons. The van der Waals surface area contributed by atoms with Crippen molar-refractivity contribution in [1.29, 1.82) is 0 Å².